The highest BCUT2D eigenvalue weighted by molar-refractivity contribution is 5.96. The summed E-state index contributed by atoms with van der Waals surface area (Å²) in [5.74, 6) is -2.12. The van der Waals surface area contributed by atoms with Crippen LogP contribution in [0.2, 0.25) is 0 Å². The molecule has 4 heteroatoms. The van der Waals surface area contributed by atoms with Crippen LogP contribution in [0.25, 0.3) is 0 Å². The third-order valence-corrected chi connectivity index (χ3v) is 4.11. The van der Waals surface area contributed by atoms with Crippen LogP contribution in [0.5, 0.6) is 0 Å². The minimum Gasteiger partial charge on any atom is -0.481 e. The van der Waals surface area contributed by atoms with Crippen molar-refractivity contribution >= 4 is 11.9 Å². The maximum atomic E-state index is 11.8. The predicted molar refractivity (Wildman–Crippen MR) is 68.3 cm³/mol. The molecule has 0 bridgehead atoms. The van der Waals surface area contributed by atoms with Crippen LogP contribution in [0, 0.1) is 11.3 Å². The van der Waals surface area contributed by atoms with E-state index in [1.165, 1.54) is 0 Å². The van der Waals surface area contributed by atoms with E-state index in [9.17, 15) is 19.8 Å². The third-order valence-electron chi connectivity index (χ3n) is 4.11. The van der Waals surface area contributed by atoms with Gasteiger partial charge in [0, 0.05) is 0 Å². The predicted octanol–water partition coefficient (Wildman–Crippen LogP) is 3.08. The van der Waals surface area contributed by atoms with Gasteiger partial charge in [-0.3, -0.25) is 4.79 Å². The van der Waals surface area contributed by atoms with E-state index in [1.807, 2.05) is 6.92 Å². The smallest absolute Gasteiger partial charge is 0.332 e. The quantitative estimate of drug-likeness (QED) is 0.714. The molecule has 0 heterocycles. The fraction of sp³-hybridized carbons (Fsp3) is 0.714. The van der Waals surface area contributed by atoms with Crippen LogP contribution in [-0.4, -0.2) is 22.2 Å². The van der Waals surface area contributed by atoms with Gasteiger partial charge in [0.15, 0.2) is 0 Å². The lowest BCUT2D eigenvalue weighted by atomic mass is 9.66. The van der Waals surface area contributed by atoms with Gasteiger partial charge < -0.3 is 10.2 Å². The molecule has 1 aliphatic carbocycles. The Morgan fingerprint density at radius 2 is 1.78 bits per heavy atom. The standard InChI is InChI=1S/C14H22O4/c1-3-7-11(12(15)16)14(4-2,13(17)18)10-8-5-6-9-10/h7,10H,3-6,8-9H2,1-2H3,(H,15,16)(H,17,18). The van der Waals surface area contributed by atoms with Crippen molar-refractivity contribution in [3.63, 3.8) is 0 Å². The largest absolute Gasteiger partial charge is 0.481 e. The average molecular weight is 254 g/mol. The van der Waals surface area contributed by atoms with Crippen molar-refractivity contribution in [1.29, 1.82) is 0 Å². The average Bonchev–Trinajstić information content (AvgIpc) is 2.83. The van der Waals surface area contributed by atoms with E-state index < -0.39 is 17.4 Å². The van der Waals surface area contributed by atoms with Crippen molar-refractivity contribution in [1.82, 2.24) is 0 Å². The highest BCUT2D eigenvalue weighted by Crippen LogP contribution is 2.47. The SMILES string of the molecule is CCC=C(C(=O)O)C(CC)(C(=O)O)C1CCCC1. The lowest BCUT2D eigenvalue weighted by Gasteiger charge is -2.35. The molecule has 1 rings (SSSR count). The molecular formula is C14H22O4. The zero-order valence-electron chi connectivity index (χ0n) is 11.1. The molecule has 0 radical (unpaired) electrons. The summed E-state index contributed by atoms with van der Waals surface area (Å²) in [6, 6.07) is 0. The molecular weight excluding hydrogens is 232 g/mol. The highest BCUT2D eigenvalue weighted by Gasteiger charge is 2.50. The minimum atomic E-state index is -1.21. The second-order valence-corrected chi connectivity index (χ2v) is 4.94. The van der Waals surface area contributed by atoms with Crippen LogP contribution in [0.3, 0.4) is 0 Å². The lowest BCUT2D eigenvalue weighted by molar-refractivity contribution is -0.153. The Kier molecular flexibility index (Phi) is 4.93. The van der Waals surface area contributed by atoms with E-state index >= 15 is 0 Å². The number of hydrogen-bond donors (Lipinski definition) is 2. The van der Waals surface area contributed by atoms with E-state index in [1.54, 1.807) is 13.0 Å². The van der Waals surface area contributed by atoms with Crippen molar-refractivity contribution in [2.75, 3.05) is 0 Å². The lowest BCUT2D eigenvalue weighted by Crippen LogP contribution is -2.41. The van der Waals surface area contributed by atoms with Crippen LogP contribution in [0.4, 0.5) is 0 Å². The topological polar surface area (TPSA) is 74.6 Å². The number of carboxylic acids is 2. The molecule has 2 N–H and O–H groups in total. The Balaban J connectivity index is 3.28. The van der Waals surface area contributed by atoms with E-state index in [4.69, 9.17) is 0 Å². The van der Waals surface area contributed by atoms with E-state index in [2.05, 4.69) is 0 Å². The number of hydrogen-bond acceptors (Lipinski definition) is 2. The number of rotatable bonds is 6. The van der Waals surface area contributed by atoms with E-state index in [0.717, 1.165) is 25.7 Å². The molecule has 0 aliphatic heterocycles. The summed E-state index contributed by atoms with van der Waals surface area (Å²) < 4.78 is 0. The van der Waals surface area contributed by atoms with Crippen molar-refractivity contribution in [2.24, 2.45) is 11.3 Å². The number of carbonyl (C=O) groups is 2. The van der Waals surface area contributed by atoms with Gasteiger partial charge in [-0.15, -0.1) is 0 Å². The number of allylic oxidation sites excluding steroid dienone is 1. The third kappa shape index (κ3) is 2.42. The van der Waals surface area contributed by atoms with Crippen molar-refractivity contribution in [2.45, 2.75) is 52.4 Å². The summed E-state index contributed by atoms with van der Waals surface area (Å²) in [7, 11) is 0. The molecule has 4 nitrogen and oxygen atoms in total. The zero-order valence-corrected chi connectivity index (χ0v) is 11.1. The van der Waals surface area contributed by atoms with E-state index in [-0.39, 0.29) is 11.5 Å². The summed E-state index contributed by atoms with van der Waals surface area (Å²) in [6.45, 7) is 3.61. The van der Waals surface area contributed by atoms with Crippen molar-refractivity contribution in [3.8, 4) is 0 Å². The normalized spacial score (nSPS) is 20.7. The van der Waals surface area contributed by atoms with Crippen LogP contribution >= 0.6 is 0 Å². The van der Waals surface area contributed by atoms with Crippen molar-refractivity contribution < 1.29 is 19.8 Å². The van der Waals surface area contributed by atoms with Crippen LogP contribution in [-0.2, 0) is 9.59 Å². The molecule has 102 valence electrons. The molecule has 0 saturated heterocycles. The van der Waals surface area contributed by atoms with Gasteiger partial charge in [-0.25, -0.2) is 4.79 Å². The number of aliphatic carboxylic acids is 2. The van der Waals surface area contributed by atoms with Gasteiger partial charge in [-0.1, -0.05) is 32.8 Å². The number of carboxylic acid groups (broad SMARTS) is 2. The zero-order chi connectivity index (χ0) is 13.8. The molecule has 0 aromatic heterocycles. The summed E-state index contributed by atoms with van der Waals surface area (Å²) in [4.78, 5) is 23.2. The molecule has 0 spiro atoms. The maximum absolute atomic E-state index is 11.8. The van der Waals surface area contributed by atoms with Gasteiger partial charge in [0.05, 0.1) is 5.57 Å². The first-order valence-electron chi connectivity index (χ1n) is 6.68. The highest BCUT2D eigenvalue weighted by atomic mass is 16.4. The molecule has 1 unspecified atom stereocenters. The van der Waals surface area contributed by atoms with Crippen LogP contribution in [0.1, 0.15) is 52.4 Å². The van der Waals surface area contributed by atoms with Gasteiger partial charge in [0.2, 0.25) is 0 Å². The molecule has 0 aromatic carbocycles. The first-order valence-corrected chi connectivity index (χ1v) is 6.68. The monoisotopic (exact) mass is 254 g/mol. The van der Waals surface area contributed by atoms with Gasteiger partial charge in [-0.2, -0.15) is 0 Å². The molecule has 1 saturated carbocycles. The summed E-state index contributed by atoms with van der Waals surface area (Å²) in [5.41, 5.74) is -1.13. The Morgan fingerprint density at radius 3 is 2.11 bits per heavy atom. The van der Waals surface area contributed by atoms with Gasteiger partial charge >= 0.3 is 11.9 Å². The Morgan fingerprint density at radius 1 is 1.22 bits per heavy atom. The molecule has 1 atom stereocenters. The Bertz CT molecular complexity index is 353. The second kappa shape index (κ2) is 6.03. The summed E-state index contributed by atoms with van der Waals surface area (Å²) in [6.07, 6.45) is 6.08. The first kappa shape index (κ1) is 14.7. The maximum Gasteiger partial charge on any atom is 0.332 e. The second-order valence-electron chi connectivity index (χ2n) is 4.94. The molecule has 0 amide bonds. The molecule has 0 aromatic rings. The Hall–Kier alpha value is -1.32. The van der Waals surface area contributed by atoms with E-state index in [0.29, 0.717) is 12.8 Å². The Labute approximate surface area is 108 Å². The summed E-state index contributed by atoms with van der Waals surface area (Å²) >= 11 is 0. The van der Waals surface area contributed by atoms with Gasteiger partial charge in [0.25, 0.3) is 0 Å². The molecule has 1 aliphatic rings. The summed E-state index contributed by atoms with van der Waals surface area (Å²) in [5, 5.41) is 19.0. The van der Waals surface area contributed by atoms with Crippen LogP contribution < -0.4 is 0 Å². The molecule has 18 heavy (non-hydrogen) atoms. The fourth-order valence-electron chi connectivity index (χ4n) is 3.22. The van der Waals surface area contributed by atoms with Crippen molar-refractivity contribution in [3.05, 3.63) is 11.6 Å². The minimum absolute atomic E-state index is 0.0473. The van der Waals surface area contributed by atoms with Gasteiger partial charge in [-0.05, 0) is 31.6 Å². The van der Waals surface area contributed by atoms with Gasteiger partial charge in [0.1, 0.15) is 5.41 Å². The molecule has 1 fully saturated rings. The van der Waals surface area contributed by atoms with Crippen LogP contribution in [0.15, 0.2) is 11.6 Å². The fourth-order valence-corrected chi connectivity index (χ4v) is 3.22. The first-order chi connectivity index (χ1) is 8.50.